The van der Waals surface area contributed by atoms with Crippen LogP contribution in [0.15, 0.2) is 30.4 Å². The van der Waals surface area contributed by atoms with Gasteiger partial charge in [0.05, 0.1) is 10.7 Å². The highest BCUT2D eigenvalue weighted by Crippen LogP contribution is 2.50. The van der Waals surface area contributed by atoms with Crippen LogP contribution in [0.1, 0.15) is 45.1 Å². The second-order valence-electron chi connectivity index (χ2n) is 7.98. The number of rotatable bonds is 6. The van der Waals surface area contributed by atoms with Crippen molar-refractivity contribution in [3.8, 4) is 0 Å². The maximum Gasteiger partial charge on any atom is 0.269 e. The second-order valence-corrected chi connectivity index (χ2v) is 10.5. The summed E-state index contributed by atoms with van der Waals surface area (Å²) in [4.78, 5) is 10.8. The van der Waals surface area contributed by atoms with Gasteiger partial charge in [0.15, 0.2) is 0 Å². The predicted molar refractivity (Wildman–Crippen MR) is 103 cm³/mol. The maximum atomic E-state index is 12.0. The zero-order valence-electron chi connectivity index (χ0n) is 15.4. The highest BCUT2D eigenvalue weighted by molar-refractivity contribution is 7.91. The Morgan fingerprint density at radius 3 is 2.73 bits per heavy atom. The van der Waals surface area contributed by atoms with Gasteiger partial charge in [-0.25, -0.2) is 8.42 Å². The van der Waals surface area contributed by atoms with Crippen molar-refractivity contribution < 1.29 is 13.3 Å². The van der Waals surface area contributed by atoms with Crippen molar-refractivity contribution in [1.82, 2.24) is 0 Å². The molecule has 1 aliphatic heterocycles. The van der Waals surface area contributed by atoms with E-state index in [9.17, 15) is 18.5 Å². The van der Waals surface area contributed by atoms with Crippen LogP contribution >= 0.6 is 0 Å². The minimum absolute atomic E-state index is 0.108. The lowest BCUT2D eigenvalue weighted by Crippen LogP contribution is -2.46. The molecule has 1 heterocycles. The standard InChI is InChI=1S/C19H26N2O4S/c1-4-26(24,25)11-10-19(2,3)18-15-7-5-6-14(15)16-12-13(21(22)23)8-9-17(16)20-18/h5-6,8-9,12,14-15,18,20H,4,7,10-11H2,1-3H3. The summed E-state index contributed by atoms with van der Waals surface area (Å²) in [5.41, 5.74) is 1.78. The molecule has 3 rings (SSSR count). The summed E-state index contributed by atoms with van der Waals surface area (Å²) < 4.78 is 23.9. The average Bonchev–Trinajstić information content (AvgIpc) is 3.09. The topological polar surface area (TPSA) is 89.3 Å². The highest BCUT2D eigenvalue weighted by Gasteiger charge is 2.44. The van der Waals surface area contributed by atoms with E-state index in [0.29, 0.717) is 6.42 Å². The maximum absolute atomic E-state index is 12.0. The lowest BCUT2D eigenvalue weighted by atomic mass is 9.68. The van der Waals surface area contributed by atoms with Crippen LogP contribution in [0.3, 0.4) is 0 Å². The smallest absolute Gasteiger partial charge is 0.269 e. The number of hydrogen-bond acceptors (Lipinski definition) is 5. The van der Waals surface area contributed by atoms with Crippen LogP contribution in [0.5, 0.6) is 0 Å². The Kier molecular flexibility index (Phi) is 4.86. The van der Waals surface area contributed by atoms with E-state index in [4.69, 9.17) is 0 Å². The van der Waals surface area contributed by atoms with E-state index in [-0.39, 0.29) is 45.4 Å². The molecule has 1 aliphatic carbocycles. The first-order valence-corrected chi connectivity index (χ1v) is 10.9. The summed E-state index contributed by atoms with van der Waals surface area (Å²) in [5, 5.41) is 14.7. The van der Waals surface area contributed by atoms with E-state index in [1.54, 1.807) is 19.1 Å². The van der Waals surface area contributed by atoms with Gasteiger partial charge in [0, 0.05) is 35.5 Å². The molecule has 26 heavy (non-hydrogen) atoms. The summed E-state index contributed by atoms with van der Waals surface area (Å²) >= 11 is 0. The van der Waals surface area contributed by atoms with Gasteiger partial charge in [0.25, 0.3) is 5.69 Å². The van der Waals surface area contributed by atoms with Crippen molar-refractivity contribution in [3.63, 3.8) is 0 Å². The molecule has 1 aromatic rings. The minimum atomic E-state index is -3.01. The van der Waals surface area contributed by atoms with Gasteiger partial charge in [-0.15, -0.1) is 0 Å². The number of nitro groups is 1. The molecule has 1 N–H and O–H groups in total. The fourth-order valence-corrected chi connectivity index (χ4v) is 5.31. The van der Waals surface area contributed by atoms with Crippen LogP contribution in [0.25, 0.3) is 0 Å². The monoisotopic (exact) mass is 378 g/mol. The number of anilines is 1. The van der Waals surface area contributed by atoms with Crippen LogP contribution in [0.4, 0.5) is 11.4 Å². The van der Waals surface area contributed by atoms with Crippen molar-refractivity contribution in [2.45, 2.75) is 45.6 Å². The number of hydrogen-bond donors (Lipinski definition) is 1. The van der Waals surface area contributed by atoms with E-state index < -0.39 is 9.84 Å². The first-order chi connectivity index (χ1) is 12.1. The quantitative estimate of drug-likeness (QED) is 0.461. The largest absolute Gasteiger partial charge is 0.381 e. The molecule has 0 fully saturated rings. The second kappa shape index (κ2) is 6.68. The van der Waals surface area contributed by atoms with Gasteiger partial charge in [-0.3, -0.25) is 10.1 Å². The van der Waals surface area contributed by atoms with E-state index in [1.165, 1.54) is 6.07 Å². The molecule has 3 unspecified atom stereocenters. The first kappa shape index (κ1) is 18.9. The number of fused-ring (bicyclic) bond motifs is 3. The summed E-state index contributed by atoms with van der Waals surface area (Å²) in [7, 11) is -3.01. The molecular formula is C19H26N2O4S. The SMILES string of the molecule is CCS(=O)(=O)CCC(C)(C)C1Nc2ccc([N+](=O)[O-])cc2C2C=CCC21. The van der Waals surface area contributed by atoms with Gasteiger partial charge in [0.2, 0.25) is 0 Å². The molecule has 0 saturated heterocycles. The van der Waals surface area contributed by atoms with Gasteiger partial charge >= 0.3 is 0 Å². The molecule has 6 nitrogen and oxygen atoms in total. The Bertz CT molecular complexity index is 845. The van der Waals surface area contributed by atoms with Crippen LogP contribution in [-0.2, 0) is 9.84 Å². The van der Waals surface area contributed by atoms with Crippen LogP contribution < -0.4 is 5.32 Å². The molecule has 0 amide bonds. The Morgan fingerprint density at radius 2 is 2.08 bits per heavy atom. The summed E-state index contributed by atoms with van der Waals surface area (Å²) in [6.07, 6.45) is 5.76. The van der Waals surface area contributed by atoms with Crippen molar-refractivity contribution in [2.24, 2.45) is 11.3 Å². The molecule has 0 aromatic heterocycles. The number of allylic oxidation sites excluding steroid dienone is 2. The van der Waals surface area contributed by atoms with Crippen LogP contribution in [0, 0.1) is 21.4 Å². The number of sulfone groups is 1. The molecule has 1 aromatic carbocycles. The molecule has 142 valence electrons. The Morgan fingerprint density at radius 1 is 1.35 bits per heavy atom. The van der Waals surface area contributed by atoms with E-state index >= 15 is 0 Å². The van der Waals surface area contributed by atoms with Gasteiger partial charge in [-0.1, -0.05) is 32.9 Å². The summed E-state index contributed by atoms with van der Waals surface area (Å²) in [6.45, 7) is 5.91. The lowest BCUT2D eigenvalue weighted by molar-refractivity contribution is -0.384. The fraction of sp³-hybridized carbons (Fsp3) is 0.579. The van der Waals surface area contributed by atoms with Gasteiger partial charge in [0.1, 0.15) is 9.84 Å². The van der Waals surface area contributed by atoms with Crippen LogP contribution in [0.2, 0.25) is 0 Å². The fourth-order valence-electron chi connectivity index (χ4n) is 4.19. The Balaban J connectivity index is 1.90. The summed E-state index contributed by atoms with van der Waals surface area (Å²) in [6, 6.07) is 5.09. The predicted octanol–water partition coefficient (Wildman–Crippen LogP) is 3.90. The highest BCUT2D eigenvalue weighted by atomic mass is 32.2. The molecule has 0 saturated carbocycles. The van der Waals surface area contributed by atoms with Gasteiger partial charge in [-0.2, -0.15) is 0 Å². The zero-order valence-corrected chi connectivity index (χ0v) is 16.3. The number of nitrogens with zero attached hydrogens (tertiary/aromatic N) is 1. The van der Waals surface area contributed by atoms with E-state index in [1.807, 2.05) is 0 Å². The first-order valence-electron chi connectivity index (χ1n) is 9.06. The van der Waals surface area contributed by atoms with Crippen molar-refractivity contribution in [1.29, 1.82) is 0 Å². The molecule has 2 aliphatic rings. The third-order valence-corrected chi connectivity index (χ3v) is 7.60. The summed E-state index contributed by atoms with van der Waals surface area (Å²) in [5.74, 6) is 0.774. The Hall–Kier alpha value is -1.89. The molecule has 0 spiro atoms. The number of benzene rings is 1. The van der Waals surface area contributed by atoms with Crippen LogP contribution in [-0.4, -0.2) is 30.9 Å². The third-order valence-electron chi connectivity index (χ3n) is 5.90. The zero-order chi connectivity index (χ0) is 19.1. The van der Waals surface area contributed by atoms with E-state index in [2.05, 4.69) is 31.3 Å². The molecule has 0 radical (unpaired) electrons. The number of nitro benzene ring substituents is 1. The normalized spacial score (nSPS) is 24.7. The Labute approximate surface area is 154 Å². The molecular weight excluding hydrogens is 352 g/mol. The molecule has 0 bridgehead atoms. The van der Waals surface area contributed by atoms with E-state index in [0.717, 1.165) is 17.7 Å². The third kappa shape index (κ3) is 3.49. The van der Waals surface area contributed by atoms with Crippen molar-refractivity contribution in [2.75, 3.05) is 16.8 Å². The van der Waals surface area contributed by atoms with Gasteiger partial charge in [-0.05, 0) is 35.8 Å². The van der Waals surface area contributed by atoms with Crippen molar-refractivity contribution in [3.05, 3.63) is 46.0 Å². The average molecular weight is 378 g/mol. The number of non-ortho nitro benzene ring substituents is 1. The molecule has 3 atom stereocenters. The number of nitrogens with one attached hydrogen (secondary N) is 1. The van der Waals surface area contributed by atoms with Crippen molar-refractivity contribution >= 4 is 21.2 Å². The van der Waals surface area contributed by atoms with Gasteiger partial charge < -0.3 is 5.32 Å². The minimum Gasteiger partial charge on any atom is -0.381 e. The molecule has 7 heteroatoms. The lowest BCUT2D eigenvalue weighted by Gasteiger charge is -2.45.